The molecule has 0 radical (unpaired) electrons. The van der Waals surface area contributed by atoms with Crippen molar-refractivity contribution in [2.45, 2.75) is 0 Å². The van der Waals surface area contributed by atoms with Gasteiger partial charge < -0.3 is 4.57 Å². The van der Waals surface area contributed by atoms with Gasteiger partial charge in [-0.2, -0.15) is 0 Å². The minimum Gasteiger partial charge on any atom is -0.348 e. The molecule has 0 saturated heterocycles. The first-order valence-corrected chi connectivity index (χ1v) is 5.59. The number of ketones is 1. The van der Waals surface area contributed by atoms with Gasteiger partial charge >= 0.3 is 0 Å². The molecule has 0 atom stereocenters. The normalized spacial score (nSPS) is 10.7. The minimum absolute atomic E-state index is 0.109. The molecule has 0 aliphatic heterocycles. The SMILES string of the molecule is Cn1cc(C(=O)/C=C/c2ccccc2)cc1C=O. The molecule has 0 aliphatic rings. The fourth-order valence-corrected chi connectivity index (χ4v) is 1.67. The van der Waals surface area contributed by atoms with E-state index in [1.165, 1.54) is 6.08 Å². The molecule has 0 fully saturated rings. The smallest absolute Gasteiger partial charge is 0.187 e. The molecule has 0 N–H and O–H groups in total. The predicted molar refractivity (Wildman–Crippen MR) is 70.6 cm³/mol. The van der Waals surface area contributed by atoms with Gasteiger partial charge in [0.15, 0.2) is 12.1 Å². The maximum Gasteiger partial charge on any atom is 0.187 e. The summed E-state index contributed by atoms with van der Waals surface area (Å²) in [5.74, 6) is -0.109. The van der Waals surface area contributed by atoms with Crippen LogP contribution in [0.3, 0.4) is 0 Å². The molecule has 3 nitrogen and oxygen atoms in total. The van der Waals surface area contributed by atoms with E-state index in [4.69, 9.17) is 0 Å². The number of nitrogens with zero attached hydrogens (tertiary/aromatic N) is 1. The van der Waals surface area contributed by atoms with E-state index in [0.717, 1.165) is 11.8 Å². The highest BCUT2D eigenvalue weighted by Gasteiger charge is 2.07. The Morgan fingerprint density at radius 1 is 1.22 bits per heavy atom. The van der Waals surface area contributed by atoms with Crippen LogP contribution in [0, 0.1) is 0 Å². The van der Waals surface area contributed by atoms with E-state index < -0.39 is 0 Å². The van der Waals surface area contributed by atoms with Crippen molar-refractivity contribution in [1.82, 2.24) is 4.57 Å². The van der Waals surface area contributed by atoms with Crippen LogP contribution in [-0.4, -0.2) is 16.6 Å². The second-order valence-corrected chi connectivity index (χ2v) is 3.99. The van der Waals surface area contributed by atoms with Gasteiger partial charge in [0.2, 0.25) is 0 Å². The maximum atomic E-state index is 11.9. The first-order chi connectivity index (χ1) is 8.70. The first-order valence-electron chi connectivity index (χ1n) is 5.59. The molecule has 0 saturated carbocycles. The number of carbonyl (C=O) groups excluding carboxylic acids is 2. The van der Waals surface area contributed by atoms with Crippen molar-refractivity contribution in [3.05, 3.63) is 65.5 Å². The Labute approximate surface area is 105 Å². The zero-order valence-electron chi connectivity index (χ0n) is 10.0. The monoisotopic (exact) mass is 239 g/mol. The van der Waals surface area contributed by atoms with Crippen LogP contribution in [0.1, 0.15) is 26.4 Å². The molecule has 0 bridgehead atoms. The van der Waals surface area contributed by atoms with Crippen LogP contribution < -0.4 is 0 Å². The third-order valence-corrected chi connectivity index (χ3v) is 2.68. The van der Waals surface area contributed by atoms with Gasteiger partial charge in [-0.25, -0.2) is 0 Å². The lowest BCUT2D eigenvalue weighted by Gasteiger charge is -1.91. The van der Waals surface area contributed by atoms with Crippen LogP contribution >= 0.6 is 0 Å². The summed E-state index contributed by atoms with van der Waals surface area (Å²) in [7, 11) is 1.74. The average molecular weight is 239 g/mol. The molecule has 3 heteroatoms. The molecule has 0 amide bonds. The van der Waals surface area contributed by atoms with Crippen molar-refractivity contribution in [3.8, 4) is 0 Å². The number of hydrogen-bond donors (Lipinski definition) is 0. The highest BCUT2D eigenvalue weighted by atomic mass is 16.1. The molecule has 1 aromatic carbocycles. The number of carbonyl (C=O) groups is 2. The van der Waals surface area contributed by atoms with Crippen molar-refractivity contribution < 1.29 is 9.59 Å². The number of hydrogen-bond acceptors (Lipinski definition) is 2. The van der Waals surface area contributed by atoms with Crippen LogP contribution in [0.5, 0.6) is 0 Å². The second-order valence-electron chi connectivity index (χ2n) is 3.99. The molecule has 90 valence electrons. The number of rotatable bonds is 4. The zero-order chi connectivity index (χ0) is 13.0. The number of aromatic nitrogens is 1. The predicted octanol–water partition coefficient (Wildman–Crippen LogP) is 2.73. The molecular weight excluding hydrogens is 226 g/mol. The summed E-state index contributed by atoms with van der Waals surface area (Å²) in [6, 6.07) is 11.2. The number of allylic oxidation sites excluding steroid dienone is 1. The highest BCUT2D eigenvalue weighted by molar-refractivity contribution is 6.07. The summed E-state index contributed by atoms with van der Waals surface area (Å²) in [5, 5.41) is 0. The Hall–Kier alpha value is -2.42. The molecule has 2 rings (SSSR count). The lowest BCUT2D eigenvalue weighted by Crippen LogP contribution is -1.92. The van der Waals surface area contributed by atoms with E-state index in [1.807, 2.05) is 30.3 Å². The van der Waals surface area contributed by atoms with Gasteiger partial charge in [0.05, 0.1) is 5.69 Å². The summed E-state index contributed by atoms with van der Waals surface area (Å²) < 4.78 is 1.64. The highest BCUT2D eigenvalue weighted by Crippen LogP contribution is 2.08. The summed E-state index contributed by atoms with van der Waals surface area (Å²) in [6.07, 6.45) is 5.66. The Morgan fingerprint density at radius 3 is 2.56 bits per heavy atom. The van der Waals surface area contributed by atoms with E-state index in [-0.39, 0.29) is 5.78 Å². The fraction of sp³-hybridized carbons (Fsp3) is 0.0667. The molecule has 1 aromatic heterocycles. The Bertz CT molecular complexity index is 594. The number of benzene rings is 1. The number of aldehydes is 1. The average Bonchev–Trinajstić information content (AvgIpc) is 2.78. The van der Waals surface area contributed by atoms with Crippen LogP contribution in [0.2, 0.25) is 0 Å². The van der Waals surface area contributed by atoms with Crippen molar-refractivity contribution in [2.75, 3.05) is 0 Å². The Kier molecular flexibility index (Phi) is 3.53. The van der Waals surface area contributed by atoms with Crippen LogP contribution in [0.4, 0.5) is 0 Å². The molecule has 1 heterocycles. The van der Waals surface area contributed by atoms with E-state index >= 15 is 0 Å². The summed E-state index contributed by atoms with van der Waals surface area (Å²) >= 11 is 0. The van der Waals surface area contributed by atoms with E-state index in [1.54, 1.807) is 30.0 Å². The van der Waals surface area contributed by atoms with Gasteiger partial charge in [-0.1, -0.05) is 36.4 Å². The van der Waals surface area contributed by atoms with Crippen LogP contribution in [-0.2, 0) is 7.05 Å². The molecular formula is C15H13NO2. The molecule has 2 aromatic rings. The van der Waals surface area contributed by atoms with Crippen molar-refractivity contribution in [3.63, 3.8) is 0 Å². The van der Waals surface area contributed by atoms with Crippen molar-refractivity contribution in [1.29, 1.82) is 0 Å². The van der Waals surface area contributed by atoms with Gasteiger partial charge in [-0.05, 0) is 17.7 Å². The summed E-state index contributed by atoms with van der Waals surface area (Å²) in [6.45, 7) is 0. The third kappa shape index (κ3) is 2.63. The first kappa shape index (κ1) is 12.0. The van der Waals surface area contributed by atoms with Crippen LogP contribution in [0.25, 0.3) is 6.08 Å². The van der Waals surface area contributed by atoms with Gasteiger partial charge in [0.25, 0.3) is 0 Å². The quantitative estimate of drug-likeness (QED) is 0.467. The van der Waals surface area contributed by atoms with Crippen LogP contribution in [0.15, 0.2) is 48.7 Å². The van der Waals surface area contributed by atoms with Gasteiger partial charge in [-0.15, -0.1) is 0 Å². The maximum absolute atomic E-state index is 11.9. The Balaban J connectivity index is 2.17. The summed E-state index contributed by atoms with van der Waals surface area (Å²) in [5.41, 5.74) is 1.98. The topological polar surface area (TPSA) is 39.1 Å². The lowest BCUT2D eigenvalue weighted by molar-refractivity contribution is 0.104. The third-order valence-electron chi connectivity index (χ3n) is 2.68. The summed E-state index contributed by atoms with van der Waals surface area (Å²) in [4.78, 5) is 22.6. The van der Waals surface area contributed by atoms with Gasteiger partial charge in [0.1, 0.15) is 0 Å². The standard InChI is InChI=1S/C15H13NO2/c1-16-10-13(9-14(16)11-17)15(18)8-7-12-5-3-2-4-6-12/h2-11H,1H3/b8-7+. The van der Waals surface area contributed by atoms with E-state index in [0.29, 0.717) is 11.3 Å². The van der Waals surface area contributed by atoms with E-state index in [9.17, 15) is 9.59 Å². The largest absolute Gasteiger partial charge is 0.348 e. The minimum atomic E-state index is -0.109. The zero-order valence-corrected chi connectivity index (χ0v) is 10.0. The molecule has 18 heavy (non-hydrogen) atoms. The van der Waals surface area contributed by atoms with Gasteiger partial charge in [0, 0.05) is 18.8 Å². The Morgan fingerprint density at radius 2 is 1.94 bits per heavy atom. The fourth-order valence-electron chi connectivity index (χ4n) is 1.67. The molecule has 0 aliphatic carbocycles. The number of aryl methyl sites for hydroxylation is 1. The second kappa shape index (κ2) is 5.27. The van der Waals surface area contributed by atoms with E-state index in [2.05, 4.69) is 0 Å². The molecule has 0 unspecified atom stereocenters. The van der Waals surface area contributed by atoms with Gasteiger partial charge in [-0.3, -0.25) is 9.59 Å². The van der Waals surface area contributed by atoms with Crippen molar-refractivity contribution >= 4 is 18.1 Å². The lowest BCUT2D eigenvalue weighted by atomic mass is 10.1. The molecule has 0 spiro atoms. The van der Waals surface area contributed by atoms with Crippen molar-refractivity contribution in [2.24, 2.45) is 7.05 Å².